The average Bonchev–Trinajstić information content (AvgIpc) is 2.85. The van der Waals surface area contributed by atoms with Crippen molar-refractivity contribution in [1.82, 2.24) is 0 Å². The molecule has 0 saturated carbocycles. The highest BCUT2D eigenvalue weighted by molar-refractivity contribution is 6.19. The Morgan fingerprint density at radius 3 is 2.00 bits per heavy atom. The summed E-state index contributed by atoms with van der Waals surface area (Å²) in [7, 11) is 0. The number of carbonyl (C=O) groups is 3. The number of phenols is 3. The highest BCUT2D eigenvalue weighted by atomic mass is 16.3. The SMILES string of the molecule is Cc1c(O)c(C(=O)CCc2ccccc2)c(O)c([C@H](CC(C)C)C2=C(O)C(C)(C)C(=O)C(C)(C)C2=O)c1O. The highest BCUT2D eigenvalue weighted by Gasteiger charge is 2.55. The molecule has 0 bridgehead atoms. The van der Waals surface area contributed by atoms with Gasteiger partial charge in [-0.2, -0.15) is 0 Å². The van der Waals surface area contributed by atoms with E-state index in [1.54, 1.807) is 0 Å². The summed E-state index contributed by atoms with van der Waals surface area (Å²) < 4.78 is 0. The van der Waals surface area contributed by atoms with Crippen molar-refractivity contribution in [2.24, 2.45) is 16.7 Å². The van der Waals surface area contributed by atoms with Gasteiger partial charge >= 0.3 is 0 Å². The minimum absolute atomic E-state index is 0.00885. The molecule has 7 heteroatoms. The Morgan fingerprint density at radius 1 is 0.868 bits per heavy atom. The van der Waals surface area contributed by atoms with Crippen LogP contribution in [-0.2, 0) is 16.0 Å². The quantitative estimate of drug-likeness (QED) is 0.244. The number of aromatic hydroxyl groups is 3. The summed E-state index contributed by atoms with van der Waals surface area (Å²) in [6, 6.07) is 9.30. The van der Waals surface area contributed by atoms with Crippen molar-refractivity contribution < 1.29 is 34.8 Å². The number of ketones is 3. The molecular weight excluding hydrogens is 484 g/mol. The largest absolute Gasteiger partial charge is 0.511 e. The molecule has 0 aromatic heterocycles. The molecule has 0 radical (unpaired) electrons. The van der Waals surface area contributed by atoms with Crippen molar-refractivity contribution in [3.05, 3.63) is 63.9 Å². The van der Waals surface area contributed by atoms with Gasteiger partial charge in [0, 0.05) is 29.0 Å². The van der Waals surface area contributed by atoms with Gasteiger partial charge in [0.2, 0.25) is 0 Å². The second-order valence-electron chi connectivity index (χ2n) is 11.7. The van der Waals surface area contributed by atoms with Crippen LogP contribution in [0.3, 0.4) is 0 Å². The Kier molecular flexibility index (Phi) is 7.83. The fourth-order valence-electron chi connectivity index (χ4n) is 5.43. The number of aliphatic hydroxyl groups is 1. The van der Waals surface area contributed by atoms with Crippen LogP contribution in [0.1, 0.15) is 87.4 Å². The molecule has 0 saturated heterocycles. The van der Waals surface area contributed by atoms with Crippen molar-refractivity contribution in [1.29, 1.82) is 0 Å². The first kappa shape index (κ1) is 29.0. The van der Waals surface area contributed by atoms with Gasteiger partial charge in [0.25, 0.3) is 0 Å². The topological polar surface area (TPSA) is 132 Å². The molecule has 0 amide bonds. The van der Waals surface area contributed by atoms with Gasteiger partial charge in [-0.05, 0) is 58.9 Å². The van der Waals surface area contributed by atoms with Crippen LogP contribution in [0.15, 0.2) is 41.7 Å². The maximum atomic E-state index is 13.7. The standard InChI is InChI=1S/C31H38O7/c1-16(2)15-19(22-27(36)30(4,5)29(38)31(6,7)28(22)37)21-24(33)17(3)25(34)23(26(21)35)20(32)14-13-18-11-9-8-10-12-18/h8-12,16,19,33-36H,13-15H2,1-7H3/t19-/m0/s1. The molecular formula is C31H38O7. The number of hydrogen-bond donors (Lipinski definition) is 4. The Balaban J connectivity index is 2.25. The third kappa shape index (κ3) is 4.82. The number of rotatable bonds is 8. The Bertz CT molecular complexity index is 1310. The number of Topliss-reactive ketones (excluding diaryl/α,β-unsaturated/α-hetero) is 3. The van der Waals surface area contributed by atoms with E-state index in [0.717, 1.165) is 5.56 Å². The fraction of sp³-hybridized carbons (Fsp3) is 0.452. The number of allylic oxidation sites excluding steroid dienone is 2. The monoisotopic (exact) mass is 522 g/mol. The van der Waals surface area contributed by atoms with Crippen LogP contribution in [0.2, 0.25) is 0 Å². The maximum absolute atomic E-state index is 13.7. The lowest BCUT2D eigenvalue weighted by atomic mass is 9.60. The summed E-state index contributed by atoms with van der Waals surface area (Å²) >= 11 is 0. The molecule has 1 aliphatic rings. The molecule has 0 aliphatic heterocycles. The Hall–Kier alpha value is -3.61. The van der Waals surface area contributed by atoms with Gasteiger partial charge < -0.3 is 20.4 Å². The molecule has 0 unspecified atom stereocenters. The van der Waals surface area contributed by atoms with Crippen LogP contribution in [0, 0.1) is 23.7 Å². The second-order valence-corrected chi connectivity index (χ2v) is 11.7. The van der Waals surface area contributed by atoms with E-state index in [1.165, 1.54) is 34.6 Å². The molecule has 4 N–H and O–H groups in total. The zero-order valence-corrected chi connectivity index (χ0v) is 23.2. The van der Waals surface area contributed by atoms with Crippen molar-refractivity contribution in [3.8, 4) is 17.2 Å². The number of carbonyl (C=O) groups excluding carboxylic acids is 3. The number of phenolic OH excluding ortho intramolecular Hbond substituents is 3. The molecule has 2 aromatic rings. The van der Waals surface area contributed by atoms with E-state index in [-0.39, 0.29) is 41.0 Å². The summed E-state index contributed by atoms with van der Waals surface area (Å²) in [4.78, 5) is 40.1. The zero-order chi connectivity index (χ0) is 28.7. The highest BCUT2D eigenvalue weighted by Crippen LogP contribution is 2.53. The summed E-state index contributed by atoms with van der Waals surface area (Å²) in [5, 5.41) is 44.7. The Labute approximate surface area is 223 Å². The van der Waals surface area contributed by atoms with Gasteiger partial charge in [0.1, 0.15) is 28.6 Å². The molecule has 204 valence electrons. The van der Waals surface area contributed by atoms with E-state index >= 15 is 0 Å². The Morgan fingerprint density at radius 2 is 1.45 bits per heavy atom. The van der Waals surface area contributed by atoms with Crippen molar-refractivity contribution >= 4 is 17.3 Å². The number of aryl methyl sites for hydroxylation is 1. The van der Waals surface area contributed by atoms with Gasteiger partial charge in [-0.1, -0.05) is 44.2 Å². The zero-order valence-electron chi connectivity index (χ0n) is 23.2. The predicted octanol–water partition coefficient (Wildman–Crippen LogP) is 6.07. The normalized spacial score (nSPS) is 17.7. The van der Waals surface area contributed by atoms with Crippen LogP contribution in [0.5, 0.6) is 17.2 Å². The molecule has 7 nitrogen and oxygen atoms in total. The predicted molar refractivity (Wildman–Crippen MR) is 145 cm³/mol. The van der Waals surface area contributed by atoms with Crippen LogP contribution in [0.4, 0.5) is 0 Å². The van der Waals surface area contributed by atoms with Crippen molar-refractivity contribution in [3.63, 3.8) is 0 Å². The van der Waals surface area contributed by atoms with Crippen molar-refractivity contribution in [2.45, 2.75) is 73.6 Å². The molecule has 0 spiro atoms. The molecule has 0 fully saturated rings. The first-order chi connectivity index (χ1) is 17.5. The van der Waals surface area contributed by atoms with Gasteiger partial charge in [-0.3, -0.25) is 14.4 Å². The lowest BCUT2D eigenvalue weighted by Crippen LogP contribution is -2.49. The third-order valence-electron chi connectivity index (χ3n) is 7.66. The molecule has 1 aliphatic carbocycles. The van der Waals surface area contributed by atoms with E-state index in [4.69, 9.17) is 0 Å². The van der Waals surface area contributed by atoms with E-state index in [0.29, 0.717) is 6.42 Å². The van der Waals surface area contributed by atoms with E-state index < -0.39 is 57.1 Å². The average molecular weight is 523 g/mol. The first-order valence-corrected chi connectivity index (χ1v) is 12.9. The van der Waals surface area contributed by atoms with Gasteiger partial charge in [-0.25, -0.2) is 0 Å². The summed E-state index contributed by atoms with van der Waals surface area (Å²) in [5.41, 5.74) is -2.48. The van der Waals surface area contributed by atoms with Gasteiger partial charge in [0.05, 0.1) is 10.8 Å². The van der Waals surface area contributed by atoms with E-state index in [9.17, 15) is 34.8 Å². The molecule has 2 aromatic carbocycles. The van der Waals surface area contributed by atoms with Crippen LogP contribution < -0.4 is 0 Å². The first-order valence-electron chi connectivity index (χ1n) is 12.9. The number of benzene rings is 2. The van der Waals surface area contributed by atoms with E-state index in [1.807, 2.05) is 44.2 Å². The number of hydrogen-bond acceptors (Lipinski definition) is 7. The molecule has 1 atom stereocenters. The summed E-state index contributed by atoms with van der Waals surface area (Å²) in [5.74, 6) is -4.72. The lowest BCUT2D eigenvalue weighted by molar-refractivity contribution is -0.144. The molecule has 3 rings (SSSR count). The fourth-order valence-corrected chi connectivity index (χ4v) is 5.43. The maximum Gasteiger partial charge on any atom is 0.175 e. The smallest absolute Gasteiger partial charge is 0.175 e. The van der Waals surface area contributed by atoms with Gasteiger partial charge in [-0.15, -0.1) is 0 Å². The van der Waals surface area contributed by atoms with Crippen LogP contribution >= 0.6 is 0 Å². The van der Waals surface area contributed by atoms with Crippen LogP contribution in [-0.4, -0.2) is 37.8 Å². The minimum Gasteiger partial charge on any atom is -0.511 e. The van der Waals surface area contributed by atoms with Gasteiger partial charge in [0.15, 0.2) is 17.3 Å². The van der Waals surface area contributed by atoms with Crippen molar-refractivity contribution in [2.75, 3.05) is 0 Å². The second kappa shape index (κ2) is 10.3. The van der Waals surface area contributed by atoms with E-state index in [2.05, 4.69) is 0 Å². The molecule has 38 heavy (non-hydrogen) atoms. The summed E-state index contributed by atoms with van der Waals surface area (Å²) in [6.07, 6.45) is 0.581. The summed E-state index contributed by atoms with van der Waals surface area (Å²) in [6.45, 7) is 11.2. The minimum atomic E-state index is -1.45. The lowest BCUT2D eigenvalue weighted by Gasteiger charge is -2.41. The molecule has 0 heterocycles. The third-order valence-corrected chi connectivity index (χ3v) is 7.66. The van der Waals surface area contributed by atoms with Crippen LogP contribution in [0.25, 0.3) is 0 Å². The number of aliphatic hydroxyl groups excluding tert-OH is 1.